The van der Waals surface area contributed by atoms with Crippen LogP contribution in [0.2, 0.25) is 0 Å². The van der Waals surface area contributed by atoms with Crippen molar-refractivity contribution in [3.8, 4) is 0 Å². The minimum absolute atomic E-state index is 0.119. The Bertz CT molecular complexity index is 1110. The van der Waals surface area contributed by atoms with Crippen LogP contribution in [0, 0.1) is 13.8 Å². The summed E-state index contributed by atoms with van der Waals surface area (Å²) in [4.78, 5) is 15.6. The first-order valence-corrected chi connectivity index (χ1v) is 13.5. The van der Waals surface area contributed by atoms with E-state index in [9.17, 15) is 13.2 Å². The first-order valence-electron chi connectivity index (χ1n) is 12.1. The number of sulfonamides is 1. The Morgan fingerprint density at radius 1 is 1.18 bits per heavy atom. The molecule has 1 fully saturated rings. The Labute approximate surface area is 204 Å². The second-order valence-electron chi connectivity index (χ2n) is 9.51. The van der Waals surface area contributed by atoms with E-state index in [2.05, 4.69) is 25.5 Å². The average molecular weight is 487 g/mol. The second-order valence-corrected chi connectivity index (χ2v) is 11.3. The third-order valence-electron chi connectivity index (χ3n) is 6.78. The molecule has 3 rings (SSSR count). The van der Waals surface area contributed by atoms with Crippen molar-refractivity contribution in [1.29, 1.82) is 0 Å². The van der Waals surface area contributed by atoms with Crippen molar-refractivity contribution >= 4 is 21.6 Å². The Hall–Kier alpha value is -2.61. The standard InChI is InChI=1S/C26H38N4O3S/c1-7-17-29(23-11-9-8-10-12-23)25(31)18-30(24-15-13-22(14-16-24)19(2)3)34(32,33)26-20(4)27-28(6)21(26)5/h7,13-16,19,23H,1,8-12,17-18H2,2-6H3. The number of aromatic nitrogens is 2. The van der Waals surface area contributed by atoms with Gasteiger partial charge in [-0.3, -0.25) is 13.8 Å². The zero-order valence-corrected chi connectivity index (χ0v) is 21.9. The van der Waals surface area contributed by atoms with Crippen molar-refractivity contribution in [1.82, 2.24) is 14.7 Å². The van der Waals surface area contributed by atoms with Gasteiger partial charge in [0.2, 0.25) is 5.91 Å². The van der Waals surface area contributed by atoms with Gasteiger partial charge in [0.05, 0.1) is 17.1 Å². The van der Waals surface area contributed by atoms with Crippen LogP contribution in [0.4, 0.5) is 5.69 Å². The molecule has 1 heterocycles. The lowest BCUT2D eigenvalue weighted by atomic mass is 9.94. The molecule has 1 amide bonds. The average Bonchev–Trinajstić information content (AvgIpc) is 3.07. The van der Waals surface area contributed by atoms with Gasteiger partial charge in [0.15, 0.2) is 0 Å². The molecule has 1 saturated carbocycles. The molecule has 0 N–H and O–H groups in total. The Balaban J connectivity index is 2.03. The monoisotopic (exact) mass is 486 g/mol. The number of nitrogens with zero attached hydrogens (tertiary/aromatic N) is 4. The SMILES string of the molecule is C=CCN(C(=O)CN(c1ccc(C(C)C)cc1)S(=O)(=O)c1c(C)nn(C)c1C)C1CCCCC1. The smallest absolute Gasteiger partial charge is 0.268 e. The molecule has 1 aromatic carbocycles. The van der Waals surface area contributed by atoms with Crippen LogP contribution in [0.1, 0.15) is 68.8 Å². The maximum absolute atomic E-state index is 14.0. The van der Waals surface area contributed by atoms with E-state index in [0.29, 0.717) is 29.5 Å². The molecule has 0 bridgehead atoms. The Morgan fingerprint density at radius 3 is 2.29 bits per heavy atom. The first-order chi connectivity index (χ1) is 16.1. The summed E-state index contributed by atoms with van der Waals surface area (Å²) < 4.78 is 30.8. The number of benzene rings is 1. The summed E-state index contributed by atoms with van der Waals surface area (Å²) in [6.45, 7) is 11.6. The van der Waals surface area contributed by atoms with E-state index in [1.807, 2.05) is 12.1 Å². The van der Waals surface area contributed by atoms with Crippen LogP contribution in [0.3, 0.4) is 0 Å². The van der Waals surface area contributed by atoms with E-state index in [4.69, 9.17) is 0 Å². The number of hydrogen-bond donors (Lipinski definition) is 0. The normalized spacial score (nSPS) is 14.9. The van der Waals surface area contributed by atoms with E-state index < -0.39 is 10.0 Å². The molecule has 1 aromatic heterocycles. The highest BCUT2D eigenvalue weighted by molar-refractivity contribution is 7.93. The second kappa shape index (κ2) is 10.8. The van der Waals surface area contributed by atoms with E-state index in [-0.39, 0.29) is 23.4 Å². The lowest BCUT2D eigenvalue weighted by molar-refractivity contribution is -0.131. The minimum atomic E-state index is -4.03. The zero-order chi connectivity index (χ0) is 25.0. The van der Waals surface area contributed by atoms with Gasteiger partial charge < -0.3 is 4.90 Å². The van der Waals surface area contributed by atoms with Crippen molar-refractivity contribution in [3.63, 3.8) is 0 Å². The molecule has 34 heavy (non-hydrogen) atoms. The van der Waals surface area contributed by atoms with E-state index in [0.717, 1.165) is 31.2 Å². The number of amides is 1. The molecule has 0 radical (unpaired) electrons. The largest absolute Gasteiger partial charge is 0.334 e. The third-order valence-corrected chi connectivity index (χ3v) is 8.81. The maximum Gasteiger partial charge on any atom is 0.268 e. The fraction of sp³-hybridized carbons (Fsp3) is 0.538. The van der Waals surface area contributed by atoms with Gasteiger partial charge >= 0.3 is 0 Å². The molecule has 1 aliphatic rings. The van der Waals surface area contributed by atoms with Gasteiger partial charge in [-0.1, -0.05) is 51.3 Å². The summed E-state index contributed by atoms with van der Waals surface area (Å²) in [5, 5.41) is 4.31. The molecule has 8 heteroatoms. The lowest BCUT2D eigenvalue weighted by Crippen LogP contribution is -2.48. The van der Waals surface area contributed by atoms with Crippen molar-refractivity contribution in [2.45, 2.75) is 76.7 Å². The summed E-state index contributed by atoms with van der Waals surface area (Å²) in [5.74, 6) is 0.112. The topological polar surface area (TPSA) is 75.5 Å². The van der Waals surface area contributed by atoms with Crippen LogP contribution >= 0.6 is 0 Å². The van der Waals surface area contributed by atoms with E-state index >= 15 is 0 Å². The fourth-order valence-corrected chi connectivity index (χ4v) is 6.60. The van der Waals surface area contributed by atoms with Crippen LogP contribution in [0.5, 0.6) is 0 Å². The summed E-state index contributed by atoms with van der Waals surface area (Å²) in [6.07, 6.45) is 6.94. The first kappa shape index (κ1) is 26.0. The number of carbonyl (C=O) groups is 1. The highest BCUT2D eigenvalue weighted by Gasteiger charge is 2.34. The van der Waals surface area contributed by atoms with Crippen LogP contribution in [0.15, 0.2) is 41.8 Å². The molecule has 2 aromatic rings. The van der Waals surface area contributed by atoms with Gasteiger partial charge in [-0.25, -0.2) is 8.42 Å². The van der Waals surface area contributed by atoms with Gasteiger partial charge in [0.1, 0.15) is 11.4 Å². The Morgan fingerprint density at radius 2 is 1.79 bits per heavy atom. The number of aryl methyl sites for hydroxylation is 2. The summed E-state index contributed by atoms with van der Waals surface area (Å²) in [6, 6.07) is 7.56. The fourth-order valence-electron chi connectivity index (χ4n) is 4.78. The summed E-state index contributed by atoms with van der Waals surface area (Å²) in [7, 11) is -2.30. The lowest BCUT2D eigenvalue weighted by Gasteiger charge is -2.35. The van der Waals surface area contributed by atoms with Crippen LogP contribution in [-0.2, 0) is 21.9 Å². The van der Waals surface area contributed by atoms with Crippen molar-refractivity contribution < 1.29 is 13.2 Å². The molecular formula is C26H38N4O3S. The van der Waals surface area contributed by atoms with Gasteiger partial charge in [-0.15, -0.1) is 6.58 Å². The highest BCUT2D eigenvalue weighted by Crippen LogP contribution is 2.30. The van der Waals surface area contributed by atoms with Gasteiger partial charge in [0.25, 0.3) is 10.0 Å². The summed E-state index contributed by atoms with van der Waals surface area (Å²) >= 11 is 0. The minimum Gasteiger partial charge on any atom is -0.334 e. The predicted octanol–water partition coefficient (Wildman–Crippen LogP) is 4.70. The van der Waals surface area contributed by atoms with Crippen molar-refractivity contribution in [2.75, 3.05) is 17.4 Å². The van der Waals surface area contributed by atoms with Crippen LogP contribution in [-0.4, -0.2) is 48.1 Å². The number of anilines is 1. The number of hydrogen-bond acceptors (Lipinski definition) is 4. The van der Waals surface area contributed by atoms with E-state index in [1.165, 1.54) is 10.7 Å². The number of carbonyl (C=O) groups excluding carboxylic acids is 1. The summed E-state index contributed by atoms with van der Waals surface area (Å²) in [5.41, 5.74) is 2.55. The maximum atomic E-state index is 14.0. The molecular weight excluding hydrogens is 448 g/mol. The van der Waals surface area contributed by atoms with E-state index in [1.54, 1.807) is 48.7 Å². The molecule has 0 spiro atoms. The van der Waals surface area contributed by atoms with Crippen LogP contribution < -0.4 is 4.31 Å². The van der Waals surface area contributed by atoms with Gasteiger partial charge in [0, 0.05) is 19.6 Å². The van der Waals surface area contributed by atoms with Gasteiger partial charge in [-0.05, 0) is 50.3 Å². The van der Waals surface area contributed by atoms with Crippen molar-refractivity contribution in [3.05, 3.63) is 53.9 Å². The van der Waals surface area contributed by atoms with Gasteiger partial charge in [-0.2, -0.15) is 5.10 Å². The van der Waals surface area contributed by atoms with Crippen LogP contribution in [0.25, 0.3) is 0 Å². The third kappa shape index (κ3) is 5.37. The zero-order valence-electron chi connectivity index (χ0n) is 21.1. The number of rotatable bonds is 9. The molecule has 186 valence electrons. The molecule has 0 aliphatic heterocycles. The molecule has 7 nitrogen and oxygen atoms in total. The highest BCUT2D eigenvalue weighted by atomic mass is 32.2. The molecule has 0 atom stereocenters. The quantitative estimate of drug-likeness (QED) is 0.481. The molecule has 0 saturated heterocycles. The molecule has 1 aliphatic carbocycles. The Kier molecular flexibility index (Phi) is 8.23. The molecule has 0 unspecified atom stereocenters. The predicted molar refractivity (Wildman–Crippen MR) is 137 cm³/mol. The van der Waals surface area contributed by atoms with Crippen molar-refractivity contribution in [2.24, 2.45) is 7.05 Å².